The predicted molar refractivity (Wildman–Crippen MR) is 74.1 cm³/mol. The lowest BCUT2D eigenvalue weighted by Gasteiger charge is -2.29. The van der Waals surface area contributed by atoms with Gasteiger partial charge in [0.05, 0.1) is 7.11 Å². The lowest BCUT2D eigenvalue weighted by Crippen LogP contribution is -2.40. The fraction of sp³-hybridized carbons (Fsp3) is 0.429. The first-order valence-corrected chi connectivity index (χ1v) is 6.71. The van der Waals surface area contributed by atoms with Gasteiger partial charge in [-0.15, -0.1) is 0 Å². The van der Waals surface area contributed by atoms with Crippen LogP contribution in [-0.2, 0) is 9.63 Å². The highest BCUT2D eigenvalue weighted by molar-refractivity contribution is 5.78. The van der Waals surface area contributed by atoms with E-state index in [2.05, 4.69) is 20.2 Å². The summed E-state index contributed by atoms with van der Waals surface area (Å²) in [5.74, 6) is -0.0553. The van der Waals surface area contributed by atoms with Crippen LogP contribution in [0.25, 0.3) is 11.1 Å². The topological polar surface area (TPSA) is 67.6 Å². The van der Waals surface area contributed by atoms with E-state index in [0.29, 0.717) is 6.01 Å². The number of oxazole rings is 1. The maximum absolute atomic E-state index is 11.7. The summed E-state index contributed by atoms with van der Waals surface area (Å²) in [6, 6.07) is 8.34. The standard InChI is InChI=1S/C14H17N3O3/c1-19-16-13(18)10-6-8-17(9-7-10)14-15-11-4-2-3-5-12(11)20-14/h2-5,10H,6-9H2,1H3,(H,16,18). The second-order valence-corrected chi connectivity index (χ2v) is 4.90. The highest BCUT2D eigenvalue weighted by atomic mass is 16.6. The molecule has 3 rings (SSSR count). The number of fused-ring (bicyclic) bond motifs is 1. The largest absolute Gasteiger partial charge is 0.423 e. The number of benzene rings is 1. The van der Waals surface area contributed by atoms with Gasteiger partial charge >= 0.3 is 0 Å². The van der Waals surface area contributed by atoms with Crippen LogP contribution in [0.5, 0.6) is 0 Å². The highest BCUT2D eigenvalue weighted by Crippen LogP contribution is 2.26. The number of rotatable bonds is 3. The third-order valence-electron chi connectivity index (χ3n) is 3.62. The van der Waals surface area contributed by atoms with Gasteiger partial charge in [-0.1, -0.05) is 12.1 Å². The van der Waals surface area contributed by atoms with Crippen LogP contribution in [0.15, 0.2) is 28.7 Å². The van der Waals surface area contributed by atoms with Gasteiger partial charge in [0.15, 0.2) is 5.58 Å². The lowest BCUT2D eigenvalue weighted by molar-refractivity contribution is -0.136. The Balaban J connectivity index is 1.67. The molecule has 1 saturated heterocycles. The summed E-state index contributed by atoms with van der Waals surface area (Å²) in [5.41, 5.74) is 4.05. The maximum Gasteiger partial charge on any atom is 0.298 e. The number of para-hydroxylation sites is 2. The smallest absolute Gasteiger partial charge is 0.298 e. The Kier molecular flexibility index (Phi) is 3.56. The number of aromatic nitrogens is 1. The molecule has 2 heterocycles. The zero-order valence-corrected chi connectivity index (χ0v) is 11.3. The van der Waals surface area contributed by atoms with Crippen molar-refractivity contribution in [3.63, 3.8) is 0 Å². The molecular weight excluding hydrogens is 258 g/mol. The minimum absolute atomic E-state index is 0.00409. The molecule has 0 spiro atoms. The third kappa shape index (κ3) is 2.46. The Bertz CT molecular complexity index is 569. The molecule has 0 saturated carbocycles. The van der Waals surface area contributed by atoms with Gasteiger partial charge in [-0.2, -0.15) is 4.98 Å². The molecule has 106 valence electrons. The molecule has 1 aliphatic rings. The Hall–Kier alpha value is -2.08. The SMILES string of the molecule is CONC(=O)C1CCN(c2nc3ccccc3o2)CC1. The second-order valence-electron chi connectivity index (χ2n) is 4.90. The van der Waals surface area contributed by atoms with E-state index in [1.807, 2.05) is 24.3 Å². The monoisotopic (exact) mass is 275 g/mol. The summed E-state index contributed by atoms with van der Waals surface area (Å²) in [6.45, 7) is 1.52. The number of piperidine rings is 1. The number of amides is 1. The van der Waals surface area contributed by atoms with Gasteiger partial charge in [0.1, 0.15) is 5.52 Å². The zero-order valence-electron chi connectivity index (χ0n) is 11.3. The van der Waals surface area contributed by atoms with Crippen LogP contribution < -0.4 is 10.4 Å². The molecule has 1 N–H and O–H groups in total. The predicted octanol–water partition coefficient (Wildman–Crippen LogP) is 1.72. The molecule has 0 aliphatic carbocycles. The zero-order chi connectivity index (χ0) is 13.9. The lowest BCUT2D eigenvalue weighted by atomic mass is 9.96. The summed E-state index contributed by atoms with van der Waals surface area (Å²) < 4.78 is 5.74. The van der Waals surface area contributed by atoms with Crippen molar-refractivity contribution in [1.82, 2.24) is 10.5 Å². The van der Waals surface area contributed by atoms with E-state index in [9.17, 15) is 4.79 Å². The molecule has 1 fully saturated rings. The Morgan fingerprint density at radius 2 is 2.15 bits per heavy atom. The molecule has 0 atom stereocenters. The van der Waals surface area contributed by atoms with E-state index in [1.165, 1.54) is 7.11 Å². The minimum Gasteiger partial charge on any atom is -0.423 e. The van der Waals surface area contributed by atoms with Crippen molar-refractivity contribution in [2.75, 3.05) is 25.1 Å². The van der Waals surface area contributed by atoms with Crippen LogP contribution in [0.3, 0.4) is 0 Å². The molecule has 0 unspecified atom stereocenters. The van der Waals surface area contributed by atoms with Crippen molar-refractivity contribution in [3.8, 4) is 0 Å². The summed E-state index contributed by atoms with van der Waals surface area (Å²) in [5, 5.41) is 0. The molecule has 1 aromatic carbocycles. The van der Waals surface area contributed by atoms with E-state index < -0.39 is 0 Å². The quantitative estimate of drug-likeness (QED) is 0.864. The van der Waals surface area contributed by atoms with Crippen LogP contribution in [0.2, 0.25) is 0 Å². The van der Waals surface area contributed by atoms with Crippen molar-refractivity contribution in [1.29, 1.82) is 0 Å². The average molecular weight is 275 g/mol. The summed E-state index contributed by atoms with van der Waals surface area (Å²) >= 11 is 0. The van der Waals surface area contributed by atoms with Crippen molar-refractivity contribution >= 4 is 23.0 Å². The first kappa shape index (κ1) is 12.9. The number of nitrogens with zero attached hydrogens (tertiary/aromatic N) is 2. The van der Waals surface area contributed by atoms with Crippen LogP contribution in [0, 0.1) is 5.92 Å². The summed E-state index contributed by atoms with van der Waals surface area (Å²) in [4.78, 5) is 22.9. The number of anilines is 1. The highest BCUT2D eigenvalue weighted by Gasteiger charge is 2.27. The minimum atomic E-state index is -0.0512. The van der Waals surface area contributed by atoms with Crippen LogP contribution in [-0.4, -0.2) is 31.1 Å². The van der Waals surface area contributed by atoms with E-state index in [0.717, 1.165) is 37.0 Å². The molecule has 2 aromatic rings. The molecule has 1 amide bonds. The van der Waals surface area contributed by atoms with Crippen molar-refractivity contribution < 1.29 is 14.0 Å². The van der Waals surface area contributed by atoms with Crippen molar-refractivity contribution in [2.24, 2.45) is 5.92 Å². The maximum atomic E-state index is 11.7. The van der Waals surface area contributed by atoms with E-state index in [4.69, 9.17) is 4.42 Å². The van der Waals surface area contributed by atoms with Crippen LogP contribution in [0.1, 0.15) is 12.8 Å². The average Bonchev–Trinajstić information content (AvgIpc) is 2.91. The first-order chi connectivity index (χ1) is 9.78. The molecule has 1 aromatic heterocycles. The van der Waals surface area contributed by atoms with Crippen molar-refractivity contribution in [2.45, 2.75) is 12.8 Å². The fourth-order valence-corrected chi connectivity index (χ4v) is 2.51. The van der Waals surface area contributed by atoms with E-state index in [1.54, 1.807) is 0 Å². The van der Waals surface area contributed by atoms with Gasteiger partial charge in [-0.05, 0) is 25.0 Å². The van der Waals surface area contributed by atoms with Crippen molar-refractivity contribution in [3.05, 3.63) is 24.3 Å². The molecule has 6 nitrogen and oxygen atoms in total. The van der Waals surface area contributed by atoms with Gasteiger partial charge in [0, 0.05) is 19.0 Å². The van der Waals surface area contributed by atoms with Gasteiger partial charge in [0.25, 0.3) is 6.01 Å². The number of carbonyl (C=O) groups excluding carboxylic acids is 1. The summed E-state index contributed by atoms with van der Waals surface area (Å²) in [7, 11) is 1.45. The first-order valence-electron chi connectivity index (χ1n) is 6.71. The molecule has 0 radical (unpaired) electrons. The molecule has 20 heavy (non-hydrogen) atoms. The number of carbonyl (C=O) groups is 1. The summed E-state index contributed by atoms with van der Waals surface area (Å²) in [6.07, 6.45) is 1.54. The van der Waals surface area contributed by atoms with Gasteiger partial charge in [-0.3, -0.25) is 9.63 Å². The number of nitrogens with one attached hydrogen (secondary N) is 1. The van der Waals surface area contributed by atoms with E-state index in [-0.39, 0.29) is 11.8 Å². The van der Waals surface area contributed by atoms with Gasteiger partial charge < -0.3 is 9.32 Å². The Morgan fingerprint density at radius 3 is 2.85 bits per heavy atom. The molecular formula is C14H17N3O3. The Labute approximate surface area is 116 Å². The number of hydrogen-bond donors (Lipinski definition) is 1. The molecule has 0 bridgehead atoms. The van der Waals surface area contributed by atoms with Gasteiger partial charge in [-0.25, -0.2) is 5.48 Å². The third-order valence-corrected chi connectivity index (χ3v) is 3.62. The van der Waals surface area contributed by atoms with Crippen LogP contribution in [0.4, 0.5) is 6.01 Å². The fourth-order valence-electron chi connectivity index (χ4n) is 2.51. The normalized spacial score (nSPS) is 16.6. The number of hydroxylamine groups is 1. The van der Waals surface area contributed by atoms with Gasteiger partial charge in [0.2, 0.25) is 5.91 Å². The molecule has 1 aliphatic heterocycles. The Morgan fingerprint density at radius 1 is 1.40 bits per heavy atom. The van der Waals surface area contributed by atoms with Crippen LogP contribution >= 0.6 is 0 Å². The second kappa shape index (κ2) is 5.50. The van der Waals surface area contributed by atoms with E-state index >= 15 is 0 Å². The molecule has 6 heteroatoms. The number of hydrogen-bond acceptors (Lipinski definition) is 5.